The lowest BCUT2D eigenvalue weighted by molar-refractivity contribution is -0.408. The number of aryl methyl sites for hydroxylation is 1. The van der Waals surface area contributed by atoms with Gasteiger partial charge >= 0.3 is 5.97 Å². The number of ether oxygens (including phenoxy) is 10. The fourth-order valence-electron chi connectivity index (χ4n) is 8.02. The zero-order chi connectivity index (χ0) is 36.5. The van der Waals surface area contributed by atoms with E-state index in [-0.39, 0.29) is 54.3 Å². The van der Waals surface area contributed by atoms with Crippen LogP contribution in [0.2, 0.25) is 0 Å². The van der Waals surface area contributed by atoms with Crippen LogP contribution in [-0.4, -0.2) is 110 Å². The molecule has 2 N–H and O–H groups in total. The lowest BCUT2D eigenvalue weighted by Crippen LogP contribution is -2.68. The highest BCUT2D eigenvalue weighted by atomic mass is 16.8. The van der Waals surface area contributed by atoms with Crippen molar-refractivity contribution in [3.63, 3.8) is 0 Å². The number of Topliss-reactive ketones (excluding diaryl/α,β-unsaturated/α-hetero) is 2. The number of rotatable bonds is 7. The second-order valence-corrected chi connectivity index (χ2v) is 13.7. The Morgan fingerprint density at radius 1 is 1.04 bits per heavy atom. The van der Waals surface area contributed by atoms with Crippen LogP contribution in [0.5, 0.6) is 17.2 Å². The van der Waals surface area contributed by atoms with Crippen LogP contribution in [0.1, 0.15) is 73.5 Å². The van der Waals surface area contributed by atoms with Gasteiger partial charge in [0.2, 0.25) is 18.2 Å². The summed E-state index contributed by atoms with van der Waals surface area (Å²) in [4.78, 5) is 38.1. The van der Waals surface area contributed by atoms with Crippen molar-refractivity contribution in [2.45, 2.75) is 114 Å². The SMILES string of the molecule is COc1c2c(c(O)c3c4c(c(C)cc13)COC(OC)(C1OCCCO1)[C@]1(CO1)[C@H](O[C@H]1C[C@H](OC(C)=O)C(O)(C(C)=O)C(C)O1)O4)C(=O)CCC2. The summed E-state index contributed by atoms with van der Waals surface area (Å²) in [5, 5.41) is 24.0. The average molecular weight is 717 g/mol. The predicted octanol–water partition coefficient (Wildman–Crippen LogP) is 2.89. The number of hydrogen-bond donors (Lipinski definition) is 2. The Bertz CT molecular complexity index is 1750. The summed E-state index contributed by atoms with van der Waals surface area (Å²) in [7, 11) is 2.94. The van der Waals surface area contributed by atoms with E-state index in [0.717, 1.165) is 0 Å². The number of hydrogen-bond acceptors (Lipinski definition) is 15. The highest BCUT2D eigenvalue weighted by Gasteiger charge is 2.75. The molecule has 15 nitrogen and oxygen atoms in total. The zero-order valence-electron chi connectivity index (χ0n) is 29.5. The Morgan fingerprint density at radius 3 is 2.39 bits per heavy atom. The van der Waals surface area contributed by atoms with E-state index < -0.39 is 59.8 Å². The van der Waals surface area contributed by atoms with Gasteiger partial charge in [0.05, 0.1) is 50.6 Å². The fourth-order valence-corrected chi connectivity index (χ4v) is 8.02. The first-order valence-corrected chi connectivity index (χ1v) is 17.2. The van der Waals surface area contributed by atoms with E-state index in [4.69, 9.17) is 47.4 Å². The van der Waals surface area contributed by atoms with Gasteiger partial charge in [-0.25, -0.2) is 0 Å². The molecule has 2 aromatic rings. The van der Waals surface area contributed by atoms with Crippen LogP contribution in [0.15, 0.2) is 6.07 Å². The number of ketones is 2. The van der Waals surface area contributed by atoms with E-state index in [1.54, 1.807) is 0 Å². The van der Waals surface area contributed by atoms with Crippen molar-refractivity contribution >= 4 is 28.3 Å². The Kier molecular flexibility index (Phi) is 9.32. The number of phenolic OH excluding ortho intramolecular Hbond substituents is 1. The molecule has 1 spiro atoms. The van der Waals surface area contributed by atoms with Gasteiger partial charge in [0, 0.05) is 43.4 Å². The standard InChI is InChI=1S/C36H44O15/c1-17-13-22-28(29(40)27-21(30(22)42-5)9-7-10-24(27)39)31-23(17)15-46-36(43-6,33-44-11-8-12-45-33)34(16-47-34)32(51-31)50-26-14-25(49-20(4)38)35(41,18(2)37)19(3)48-26/h13,19,25-26,32-33,40-41H,7-12,14-16H2,1-6H3/t19?,25-,26-,32+,34-,35?,36?/m0/s1. The smallest absolute Gasteiger partial charge is 0.303 e. The molecule has 7 atom stereocenters. The minimum atomic E-state index is -2.15. The maximum atomic E-state index is 13.3. The number of phenols is 1. The normalized spacial score (nSPS) is 33.8. The Hall–Kier alpha value is -3.41. The Morgan fingerprint density at radius 2 is 1.76 bits per heavy atom. The summed E-state index contributed by atoms with van der Waals surface area (Å²) in [6.07, 6.45) is -4.51. The molecule has 0 radical (unpaired) electrons. The molecule has 278 valence electrons. The molecule has 0 bridgehead atoms. The van der Waals surface area contributed by atoms with Crippen molar-refractivity contribution in [2.24, 2.45) is 0 Å². The molecule has 15 heteroatoms. The molecule has 3 fully saturated rings. The first-order chi connectivity index (χ1) is 24.3. The molecule has 3 unspecified atom stereocenters. The van der Waals surface area contributed by atoms with Crippen molar-refractivity contribution in [3.8, 4) is 17.2 Å². The van der Waals surface area contributed by atoms with E-state index in [1.807, 2.05) is 13.0 Å². The summed E-state index contributed by atoms with van der Waals surface area (Å²) < 4.78 is 62.0. The predicted molar refractivity (Wildman–Crippen MR) is 173 cm³/mol. The molecule has 4 heterocycles. The highest BCUT2D eigenvalue weighted by Crippen LogP contribution is 2.55. The molecule has 2 aromatic carbocycles. The molecule has 7 rings (SSSR count). The monoisotopic (exact) mass is 716 g/mol. The van der Waals surface area contributed by atoms with Crippen LogP contribution in [0.4, 0.5) is 0 Å². The van der Waals surface area contributed by atoms with E-state index in [9.17, 15) is 24.6 Å². The van der Waals surface area contributed by atoms with E-state index >= 15 is 0 Å². The number of fused-ring (bicyclic) bond motifs is 4. The van der Waals surface area contributed by atoms with Gasteiger partial charge in [0.1, 0.15) is 23.4 Å². The number of aliphatic hydroxyl groups is 1. The summed E-state index contributed by atoms with van der Waals surface area (Å²) in [6.45, 7) is 6.25. The molecule has 51 heavy (non-hydrogen) atoms. The second kappa shape index (κ2) is 13.2. The average Bonchev–Trinajstić information content (AvgIpc) is 3.90. The quantitative estimate of drug-likeness (QED) is 0.314. The number of carbonyl (C=O) groups excluding carboxylic acids is 3. The Balaban J connectivity index is 1.40. The van der Waals surface area contributed by atoms with Crippen LogP contribution in [0.3, 0.4) is 0 Å². The molecule has 0 amide bonds. The summed E-state index contributed by atoms with van der Waals surface area (Å²) >= 11 is 0. The molecule has 4 aliphatic heterocycles. The van der Waals surface area contributed by atoms with Gasteiger partial charge < -0.3 is 57.6 Å². The van der Waals surface area contributed by atoms with Gasteiger partial charge in [0.25, 0.3) is 5.79 Å². The molecular formula is C36H44O15. The lowest BCUT2D eigenvalue weighted by Gasteiger charge is -2.48. The minimum Gasteiger partial charge on any atom is -0.506 e. The third kappa shape index (κ3) is 5.52. The van der Waals surface area contributed by atoms with Gasteiger partial charge in [-0.3, -0.25) is 14.4 Å². The van der Waals surface area contributed by atoms with Crippen LogP contribution >= 0.6 is 0 Å². The molecule has 5 aliphatic rings. The Labute approximate surface area is 294 Å². The third-order valence-electron chi connectivity index (χ3n) is 10.8. The van der Waals surface area contributed by atoms with Gasteiger partial charge in [-0.2, -0.15) is 0 Å². The largest absolute Gasteiger partial charge is 0.506 e. The summed E-state index contributed by atoms with van der Waals surface area (Å²) in [5.74, 6) is -3.01. The first kappa shape index (κ1) is 36.0. The number of carbonyl (C=O) groups is 3. The van der Waals surface area contributed by atoms with Crippen LogP contribution in [0.25, 0.3) is 10.8 Å². The first-order valence-electron chi connectivity index (χ1n) is 17.2. The maximum Gasteiger partial charge on any atom is 0.303 e. The van der Waals surface area contributed by atoms with E-state index in [1.165, 1.54) is 35.0 Å². The van der Waals surface area contributed by atoms with E-state index in [2.05, 4.69) is 0 Å². The fraction of sp³-hybridized carbons (Fsp3) is 0.639. The van der Waals surface area contributed by atoms with Crippen molar-refractivity contribution in [1.29, 1.82) is 0 Å². The van der Waals surface area contributed by atoms with Crippen LogP contribution < -0.4 is 9.47 Å². The molecule has 0 aromatic heterocycles. The molecule has 1 aliphatic carbocycles. The molecule has 3 saturated heterocycles. The number of epoxide rings is 1. The number of benzene rings is 2. The van der Waals surface area contributed by atoms with Crippen LogP contribution in [-0.2, 0) is 60.5 Å². The van der Waals surface area contributed by atoms with Gasteiger partial charge in [-0.05, 0) is 51.7 Å². The van der Waals surface area contributed by atoms with Crippen molar-refractivity contribution < 1.29 is 72.0 Å². The van der Waals surface area contributed by atoms with Crippen molar-refractivity contribution in [1.82, 2.24) is 0 Å². The number of aromatic hydroxyl groups is 1. The molecular weight excluding hydrogens is 672 g/mol. The highest BCUT2D eigenvalue weighted by molar-refractivity contribution is 6.11. The van der Waals surface area contributed by atoms with Gasteiger partial charge in [0.15, 0.2) is 23.5 Å². The maximum absolute atomic E-state index is 13.3. The number of methoxy groups -OCH3 is 2. The van der Waals surface area contributed by atoms with Crippen molar-refractivity contribution in [3.05, 3.63) is 28.3 Å². The van der Waals surface area contributed by atoms with Crippen molar-refractivity contribution in [2.75, 3.05) is 34.0 Å². The summed E-state index contributed by atoms with van der Waals surface area (Å²) in [6, 6.07) is 1.85. The van der Waals surface area contributed by atoms with Gasteiger partial charge in [-0.1, -0.05) is 0 Å². The summed E-state index contributed by atoms with van der Waals surface area (Å²) in [5.41, 5.74) is -1.71. The second-order valence-electron chi connectivity index (χ2n) is 13.7. The number of esters is 1. The topological polar surface area (TPSA) is 187 Å². The van der Waals surface area contributed by atoms with E-state index in [0.29, 0.717) is 60.3 Å². The third-order valence-corrected chi connectivity index (χ3v) is 10.8. The zero-order valence-corrected chi connectivity index (χ0v) is 29.5. The molecule has 0 saturated carbocycles. The van der Waals surface area contributed by atoms with Gasteiger partial charge in [-0.15, -0.1) is 0 Å². The van der Waals surface area contributed by atoms with Crippen LogP contribution in [0, 0.1) is 6.92 Å². The minimum absolute atomic E-state index is 0.0238. The lowest BCUT2D eigenvalue weighted by atomic mass is 9.83.